The first-order valence-electron chi connectivity index (χ1n) is 8.27. The maximum Gasteiger partial charge on any atom is 0.226 e. The van der Waals surface area contributed by atoms with Crippen molar-refractivity contribution in [3.8, 4) is 0 Å². The highest BCUT2D eigenvalue weighted by atomic mass is 16.5. The van der Waals surface area contributed by atoms with Gasteiger partial charge in [0, 0.05) is 25.0 Å². The molecule has 2 fully saturated rings. The van der Waals surface area contributed by atoms with E-state index in [0.717, 1.165) is 37.4 Å². The van der Waals surface area contributed by atoms with Crippen LogP contribution in [-0.2, 0) is 16.1 Å². The third-order valence-corrected chi connectivity index (χ3v) is 4.70. The van der Waals surface area contributed by atoms with Crippen molar-refractivity contribution in [1.29, 1.82) is 0 Å². The van der Waals surface area contributed by atoms with Crippen LogP contribution in [0.3, 0.4) is 0 Å². The highest BCUT2D eigenvalue weighted by Gasteiger charge is 2.47. The number of amides is 1. The predicted octanol–water partition coefficient (Wildman–Crippen LogP) is 3.18. The Morgan fingerprint density at radius 3 is 2.78 bits per heavy atom. The molecular weight excluding hydrogens is 294 g/mol. The van der Waals surface area contributed by atoms with Gasteiger partial charge in [-0.1, -0.05) is 0 Å². The minimum absolute atomic E-state index is 0.0255. The van der Waals surface area contributed by atoms with E-state index in [1.54, 1.807) is 12.5 Å². The van der Waals surface area contributed by atoms with Gasteiger partial charge in [-0.05, 0) is 43.5 Å². The number of hydrogen-bond acceptors (Lipinski definition) is 4. The molecule has 3 unspecified atom stereocenters. The van der Waals surface area contributed by atoms with Gasteiger partial charge in [-0.15, -0.1) is 0 Å². The molecule has 2 aliphatic rings. The van der Waals surface area contributed by atoms with Gasteiger partial charge in [0.1, 0.15) is 11.5 Å². The standard InChI is InChI=1S/C18H21NO4/c20-18(16-10-15(16)17-6-3-9-23-17)19(11-13-4-1-7-21-13)12-14-5-2-8-22-14/h1,3-4,6-7,9,14-16H,2,5,8,10-12H2. The van der Waals surface area contributed by atoms with Gasteiger partial charge in [0.15, 0.2) is 0 Å². The van der Waals surface area contributed by atoms with Crippen LogP contribution in [0.1, 0.15) is 36.7 Å². The van der Waals surface area contributed by atoms with Crippen LogP contribution >= 0.6 is 0 Å². The van der Waals surface area contributed by atoms with Gasteiger partial charge < -0.3 is 18.5 Å². The van der Waals surface area contributed by atoms with E-state index in [0.29, 0.717) is 13.1 Å². The van der Waals surface area contributed by atoms with E-state index >= 15 is 0 Å². The van der Waals surface area contributed by atoms with E-state index in [1.807, 2.05) is 29.2 Å². The number of nitrogens with zero attached hydrogens (tertiary/aromatic N) is 1. The molecule has 1 amide bonds. The average Bonchev–Trinajstić information content (AvgIpc) is 3.07. The minimum Gasteiger partial charge on any atom is -0.469 e. The summed E-state index contributed by atoms with van der Waals surface area (Å²) < 4.78 is 16.6. The summed E-state index contributed by atoms with van der Waals surface area (Å²) in [7, 11) is 0. The summed E-state index contributed by atoms with van der Waals surface area (Å²) >= 11 is 0. The van der Waals surface area contributed by atoms with Gasteiger partial charge in [0.2, 0.25) is 5.91 Å². The molecule has 5 nitrogen and oxygen atoms in total. The monoisotopic (exact) mass is 315 g/mol. The van der Waals surface area contributed by atoms with E-state index in [1.165, 1.54) is 0 Å². The smallest absolute Gasteiger partial charge is 0.226 e. The summed E-state index contributed by atoms with van der Waals surface area (Å²) in [5.41, 5.74) is 0. The Morgan fingerprint density at radius 1 is 1.22 bits per heavy atom. The second kappa shape index (κ2) is 6.24. The van der Waals surface area contributed by atoms with Gasteiger partial charge in [-0.3, -0.25) is 4.79 Å². The second-order valence-electron chi connectivity index (χ2n) is 6.40. The molecule has 1 aliphatic carbocycles. The third kappa shape index (κ3) is 3.20. The topological polar surface area (TPSA) is 55.8 Å². The van der Waals surface area contributed by atoms with Crippen molar-refractivity contribution in [3.63, 3.8) is 0 Å². The molecule has 23 heavy (non-hydrogen) atoms. The van der Waals surface area contributed by atoms with E-state index in [4.69, 9.17) is 13.6 Å². The van der Waals surface area contributed by atoms with Crippen molar-refractivity contribution in [2.75, 3.05) is 13.2 Å². The van der Waals surface area contributed by atoms with Gasteiger partial charge >= 0.3 is 0 Å². The molecule has 122 valence electrons. The lowest BCUT2D eigenvalue weighted by molar-refractivity contribution is -0.135. The predicted molar refractivity (Wildman–Crippen MR) is 82.7 cm³/mol. The molecule has 0 radical (unpaired) electrons. The molecule has 2 aromatic heterocycles. The van der Waals surface area contributed by atoms with E-state index in [9.17, 15) is 4.79 Å². The Bertz CT molecular complexity index is 628. The lowest BCUT2D eigenvalue weighted by Crippen LogP contribution is -2.38. The Kier molecular flexibility index (Phi) is 3.95. The number of carbonyl (C=O) groups is 1. The fourth-order valence-corrected chi connectivity index (χ4v) is 3.38. The molecule has 3 atom stereocenters. The summed E-state index contributed by atoms with van der Waals surface area (Å²) in [6.07, 6.45) is 6.43. The zero-order valence-electron chi connectivity index (χ0n) is 13.0. The normalized spacial score (nSPS) is 26.3. The Morgan fingerprint density at radius 2 is 2.09 bits per heavy atom. The van der Waals surface area contributed by atoms with Gasteiger partial charge in [0.05, 0.1) is 25.2 Å². The summed E-state index contributed by atoms with van der Waals surface area (Å²) in [6, 6.07) is 7.59. The molecule has 0 spiro atoms. The van der Waals surface area contributed by atoms with Crippen molar-refractivity contribution in [2.45, 2.75) is 37.8 Å². The molecule has 5 heteroatoms. The molecule has 4 rings (SSSR count). The first kappa shape index (κ1) is 14.6. The number of hydrogen-bond donors (Lipinski definition) is 0. The van der Waals surface area contributed by atoms with Crippen molar-refractivity contribution >= 4 is 5.91 Å². The van der Waals surface area contributed by atoms with Crippen molar-refractivity contribution < 1.29 is 18.4 Å². The molecule has 1 saturated carbocycles. The Balaban J connectivity index is 1.44. The maximum atomic E-state index is 12.9. The Hall–Kier alpha value is -2.01. The summed E-state index contributed by atoms with van der Waals surface area (Å²) in [6.45, 7) is 1.94. The van der Waals surface area contributed by atoms with Crippen LogP contribution in [0.15, 0.2) is 45.6 Å². The third-order valence-electron chi connectivity index (χ3n) is 4.70. The molecule has 0 aromatic carbocycles. The lowest BCUT2D eigenvalue weighted by Gasteiger charge is -2.25. The van der Waals surface area contributed by atoms with Crippen LogP contribution in [0, 0.1) is 5.92 Å². The fourth-order valence-electron chi connectivity index (χ4n) is 3.38. The SMILES string of the molecule is O=C(C1CC1c1ccco1)N(Cc1ccco1)CC1CCCO1. The van der Waals surface area contributed by atoms with Crippen molar-refractivity contribution in [1.82, 2.24) is 4.90 Å². The van der Waals surface area contributed by atoms with E-state index < -0.39 is 0 Å². The number of furan rings is 2. The summed E-state index contributed by atoms with van der Waals surface area (Å²) in [5.74, 6) is 2.15. The maximum absolute atomic E-state index is 12.9. The fraction of sp³-hybridized carbons (Fsp3) is 0.500. The first-order valence-corrected chi connectivity index (χ1v) is 8.27. The molecule has 1 aliphatic heterocycles. The highest BCUT2D eigenvalue weighted by Crippen LogP contribution is 2.48. The number of ether oxygens (including phenoxy) is 1. The Labute approximate surface area is 135 Å². The first-order chi connectivity index (χ1) is 11.3. The molecule has 2 aromatic rings. The van der Waals surface area contributed by atoms with Crippen LogP contribution < -0.4 is 0 Å². The number of carbonyl (C=O) groups excluding carboxylic acids is 1. The molecule has 0 bridgehead atoms. The second-order valence-corrected chi connectivity index (χ2v) is 6.40. The highest BCUT2D eigenvalue weighted by molar-refractivity contribution is 5.82. The van der Waals surface area contributed by atoms with Crippen LogP contribution in [0.25, 0.3) is 0 Å². The largest absolute Gasteiger partial charge is 0.469 e. The molecule has 0 N–H and O–H groups in total. The quantitative estimate of drug-likeness (QED) is 0.821. The zero-order valence-corrected chi connectivity index (χ0v) is 13.0. The summed E-state index contributed by atoms with van der Waals surface area (Å²) in [4.78, 5) is 14.8. The van der Waals surface area contributed by atoms with Crippen molar-refractivity contribution in [2.24, 2.45) is 5.92 Å². The molecule has 3 heterocycles. The average molecular weight is 315 g/mol. The molecule has 1 saturated heterocycles. The zero-order chi connectivity index (χ0) is 15.6. The van der Waals surface area contributed by atoms with Crippen LogP contribution in [-0.4, -0.2) is 30.1 Å². The summed E-state index contributed by atoms with van der Waals surface area (Å²) in [5, 5.41) is 0. The number of rotatable bonds is 6. The van der Waals surface area contributed by atoms with Gasteiger partial charge in [-0.2, -0.15) is 0 Å². The van der Waals surface area contributed by atoms with Crippen LogP contribution in [0.5, 0.6) is 0 Å². The van der Waals surface area contributed by atoms with Gasteiger partial charge in [0.25, 0.3) is 0 Å². The minimum atomic E-state index is 0.0255. The van der Waals surface area contributed by atoms with E-state index in [2.05, 4.69) is 0 Å². The van der Waals surface area contributed by atoms with Crippen molar-refractivity contribution in [3.05, 3.63) is 48.3 Å². The van der Waals surface area contributed by atoms with Gasteiger partial charge in [-0.25, -0.2) is 0 Å². The molecular formula is C18H21NO4. The lowest BCUT2D eigenvalue weighted by atomic mass is 10.2. The van der Waals surface area contributed by atoms with Crippen LogP contribution in [0.4, 0.5) is 0 Å². The van der Waals surface area contributed by atoms with Crippen LogP contribution in [0.2, 0.25) is 0 Å². The van der Waals surface area contributed by atoms with E-state index in [-0.39, 0.29) is 23.8 Å².